The van der Waals surface area contributed by atoms with E-state index in [9.17, 15) is 0 Å². The summed E-state index contributed by atoms with van der Waals surface area (Å²) in [6.07, 6.45) is 9.19. The molecule has 3 nitrogen and oxygen atoms in total. The molecule has 0 spiro atoms. The zero-order valence-corrected chi connectivity index (χ0v) is 18.1. The van der Waals surface area contributed by atoms with Gasteiger partial charge in [0.25, 0.3) is 0 Å². The van der Waals surface area contributed by atoms with E-state index in [1.807, 2.05) is 31.1 Å². The monoisotopic (exact) mass is 386 g/mol. The van der Waals surface area contributed by atoms with E-state index in [0.29, 0.717) is 11.5 Å². The van der Waals surface area contributed by atoms with Crippen LogP contribution in [0.15, 0.2) is 48.5 Å². The van der Waals surface area contributed by atoms with E-state index in [-0.39, 0.29) is 5.41 Å². The van der Waals surface area contributed by atoms with E-state index in [2.05, 4.69) is 27.7 Å². The van der Waals surface area contributed by atoms with Crippen molar-refractivity contribution < 1.29 is 15.0 Å². The quantitative estimate of drug-likeness (QED) is 0.514. The molecule has 2 aromatic carbocycles. The van der Waals surface area contributed by atoms with Gasteiger partial charge < -0.3 is 15.0 Å². The van der Waals surface area contributed by atoms with Crippen LogP contribution in [0, 0.1) is 0 Å². The number of aromatic hydroxyl groups is 2. The molecule has 28 heavy (non-hydrogen) atoms. The Kier molecular flexibility index (Phi) is 13.5. The Morgan fingerprint density at radius 3 is 1.61 bits per heavy atom. The first-order valence-corrected chi connectivity index (χ1v) is 10.2. The molecule has 2 N–H and O–H groups in total. The molecular formula is C25H38O3. The predicted octanol–water partition coefficient (Wildman–Crippen LogP) is 6.80. The van der Waals surface area contributed by atoms with Crippen LogP contribution in [-0.2, 0) is 16.6 Å². The highest BCUT2D eigenvalue weighted by Gasteiger charge is 2.12. The fraction of sp³-hybridized carbons (Fsp3) is 0.480. The van der Waals surface area contributed by atoms with Crippen molar-refractivity contribution in [2.75, 3.05) is 0 Å². The van der Waals surface area contributed by atoms with Gasteiger partial charge in [-0.15, -0.1) is 0 Å². The average molecular weight is 387 g/mol. The van der Waals surface area contributed by atoms with Crippen molar-refractivity contribution in [3.8, 4) is 11.5 Å². The van der Waals surface area contributed by atoms with Gasteiger partial charge in [0.15, 0.2) is 0 Å². The summed E-state index contributed by atoms with van der Waals surface area (Å²) in [5.41, 5.74) is 2.76. The first-order valence-electron chi connectivity index (χ1n) is 10.2. The van der Waals surface area contributed by atoms with Crippen LogP contribution in [-0.4, -0.2) is 17.0 Å². The van der Waals surface area contributed by atoms with E-state index in [1.54, 1.807) is 24.3 Å². The van der Waals surface area contributed by atoms with Gasteiger partial charge in [-0.05, 0) is 53.6 Å². The van der Waals surface area contributed by atoms with Gasteiger partial charge in [-0.25, -0.2) is 0 Å². The predicted molar refractivity (Wildman–Crippen MR) is 119 cm³/mol. The van der Waals surface area contributed by atoms with E-state index >= 15 is 0 Å². The number of hydrogen-bond donors (Lipinski definition) is 2. The zero-order chi connectivity index (χ0) is 21.4. The molecule has 0 radical (unpaired) electrons. The minimum absolute atomic E-state index is 0.174. The van der Waals surface area contributed by atoms with Crippen molar-refractivity contribution in [2.24, 2.45) is 0 Å². The number of phenols is 2. The molecule has 2 rings (SSSR count). The van der Waals surface area contributed by atoms with Crippen LogP contribution in [0.3, 0.4) is 0 Å². The molecular weight excluding hydrogens is 348 g/mol. The molecule has 0 heterocycles. The van der Waals surface area contributed by atoms with Crippen LogP contribution in [0.1, 0.15) is 77.3 Å². The molecule has 0 atom stereocenters. The first kappa shape index (κ1) is 25.7. The molecule has 0 aromatic heterocycles. The Bertz CT molecular complexity index is 610. The lowest BCUT2D eigenvalue weighted by Gasteiger charge is -2.18. The number of carbonyl (C=O) groups is 1. The number of aryl methyl sites for hydroxylation is 1. The third kappa shape index (κ3) is 12.2. The largest absolute Gasteiger partial charge is 0.508 e. The molecule has 0 saturated heterocycles. The van der Waals surface area contributed by atoms with Crippen LogP contribution in [0.4, 0.5) is 0 Å². The molecule has 156 valence electrons. The third-order valence-electron chi connectivity index (χ3n) is 4.49. The lowest BCUT2D eigenvalue weighted by Crippen LogP contribution is -2.10. The number of phenolic OH excluding ortho intramolecular Hbond substituents is 2. The van der Waals surface area contributed by atoms with Gasteiger partial charge in [-0.2, -0.15) is 0 Å². The molecule has 0 aliphatic carbocycles. The third-order valence-corrected chi connectivity index (χ3v) is 4.49. The average Bonchev–Trinajstić information content (AvgIpc) is 2.68. The Labute approximate surface area is 171 Å². The molecule has 3 heteroatoms. The summed E-state index contributed by atoms with van der Waals surface area (Å²) in [5.74, 6) is 0.694. The number of rotatable bonds is 7. The van der Waals surface area contributed by atoms with E-state index in [4.69, 9.17) is 15.0 Å². The maximum Gasteiger partial charge on any atom is 0.115 e. The summed E-state index contributed by atoms with van der Waals surface area (Å²) in [7, 11) is 0. The second-order valence-corrected chi connectivity index (χ2v) is 7.98. The molecule has 0 unspecified atom stereocenters. The number of benzene rings is 2. The van der Waals surface area contributed by atoms with Crippen LogP contribution in [0.25, 0.3) is 0 Å². The topological polar surface area (TPSA) is 57.5 Å². The van der Waals surface area contributed by atoms with Crippen LogP contribution in [0.2, 0.25) is 0 Å². The SMILES string of the molecule is C=O.CC(C)(C)c1ccc(O)cc1.CCCCCCCCc1ccc(O)cc1. The number of unbranched alkanes of at least 4 members (excludes halogenated alkanes) is 5. The van der Waals surface area contributed by atoms with Gasteiger partial charge in [-0.1, -0.05) is 84.1 Å². The summed E-state index contributed by atoms with van der Waals surface area (Å²) >= 11 is 0. The fourth-order valence-corrected chi connectivity index (χ4v) is 2.73. The van der Waals surface area contributed by atoms with Crippen LogP contribution < -0.4 is 0 Å². The standard InChI is InChI=1S/C14H22O.C10H14O.CH2O/c1-2-3-4-5-6-7-8-13-9-11-14(15)12-10-13;1-10(2,3)8-4-6-9(11)7-5-8;1-2/h9-12,15H,2-8H2,1H3;4-7,11H,1-3H3;1H2. The molecule has 0 fully saturated rings. The van der Waals surface area contributed by atoms with Crippen molar-refractivity contribution in [3.63, 3.8) is 0 Å². The first-order chi connectivity index (χ1) is 13.3. The van der Waals surface area contributed by atoms with Gasteiger partial charge in [-0.3, -0.25) is 0 Å². The van der Waals surface area contributed by atoms with Gasteiger partial charge in [0.05, 0.1) is 0 Å². The van der Waals surface area contributed by atoms with E-state index in [1.165, 1.54) is 49.7 Å². The van der Waals surface area contributed by atoms with Crippen LogP contribution in [0.5, 0.6) is 11.5 Å². The minimum Gasteiger partial charge on any atom is -0.508 e. The normalized spacial score (nSPS) is 10.3. The summed E-state index contributed by atoms with van der Waals surface area (Å²) < 4.78 is 0. The van der Waals surface area contributed by atoms with Crippen molar-refractivity contribution in [1.82, 2.24) is 0 Å². The zero-order valence-electron chi connectivity index (χ0n) is 18.1. The highest BCUT2D eigenvalue weighted by molar-refractivity contribution is 5.30. The Balaban J connectivity index is 0.000000497. The van der Waals surface area contributed by atoms with Gasteiger partial charge in [0.1, 0.15) is 18.3 Å². The second kappa shape index (κ2) is 14.7. The Morgan fingerprint density at radius 2 is 1.14 bits per heavy atom. The van der Waals surface area contributed by atoms with Crippen molar-refractivity contribution in [2.45, 2.75) is 78.1 Å². The van der Waals surface area contributed by atoms with E-state index < -0.39 is 0 Å². The Hall–Kier alpha value is -2.29. The lowest BCUT2D eigenvalue weighted by molar-refractivity contribution is -0.0979. The maximum atomic E-state index is 9.13. The second-order valence-electron chi connectivity index (χ2n) is 7.98. The van der Waals surface area contributed by atoms with Crippen LogP contribution >= 0.6 is 0 Å². The minimum atomic E-state index is 0.174. The van der Waals surface area contributed by atoms with Crippen molar-refractivity contribution in [3.05, 3.63) is 59.7 Å². The summed E-state index contributed by atoms with van der Waals surface area (Å²) in [4.78, 5) is 8.00. The van der Waals surface area contributed by atoms with Crippen molar-refractivity contribution >= 4 is 6.79 Å². The molecule has 0 aliphatic rings. The van der Waals surface area contributed by atoms with Gasteiger partial charge in [0, 0.05) is 0 Å². The lowest BCUT2D eigenvalue weighted by atomic mass is 9.87. The number of hydrogen-bond acceptors (Lipinski definition) is 3. The van der Waals surface area contributed by atoms with Gasteiger partial charge >= 0.3 is 0 Å². The molecule has 0 saturated carbocycles. The maximum absolute atomic E-state index is 9.13. The summed E-state index contributed by atoms with van der Waals surface area (Å²) in [6.45, 7) is 10.7. The molecule has 0 amide bonds. The smallest absolute Gasteiger partial charge is 0.115 e. The van der Waals surface area contributed by atoms with E-state index in [0.717, 1.165) is 6.42 Å². The van der Waals surface area contributed by atoms with Crippen molar-refractivity contribution in [1.29, 1.82) is 0 Å². The van der Waals surface area contributed by atoms with Gasteiger partial charge in [0.2, 0.25) is 0 Å². The number of carbonyl (C=O) groups excluding carboxylic acids is 1. The molecule has 2 aromatic rings. The highest BCUT2D eigenvalue weighted by atomic mass is 16.3. The molecule has 0 aliphatic heterocycles. The summed E-state index contributed by atoms with van der Waals surface area (Å²) in [6, 6.07) is 14.9. The highest BCUT2D eigenvalue weighted by Crippen LogP contribution is 2.23. The Morgan fingerprint density at radius 1 is 0.714 bits per heavy atom. The summed E-state index contributed by atoms with van der Waals surface area (Å²) in [5, 5.41) is 18.1. The fourth-order valence-electron chi connectivity index (χ4n) is 2.73. The molecule has 0 bridgehead atoms.